The second-order valence-electron chi connectivity index (χ2n) is 5.23. The average Bonchev–Trinajstić information content (AvgIpc) is 3.09. The van der Waals surface area contributed by atoms with Gasteiger partial charge in [0, 0.05) is 30.8 Å². The highest BCUT2D eigenvalue weighted by molar-refractivity contribution is 5.90. The van der Waals surface area contributed by atoms with Crippen LogP contribution in [-0.4, -0.2) is 26.0 Å². The van der Waals surface area contributed by atoms with Crippen LogP contribution < -0.4 is 5.32 Å². The van der Waals surface area contributed by atoms with E-state index < -0.39 is 17.8 Å². The molecule has 0 radical (unpaired) electrons. The maximum absolute atomic E-state index is 12.4. The number of anilines is 1. The second-order valence-corrected chi connectivity index (χ2v) is 5.23. The molecule has 0 spiro atoms. The predicted octanol–water partition coefficient (Wildman–Crippen LogP) is 3.12. The van der Waals surface area contributed by atoms with Crippen LogP contribution in [0.25, 0.3) is 11.4 Å². The SMILES string of the molecule is O=C(CCc1nc(-c2ccncc2)no1)Nc1ccc(C(F)(F)F)nc1. The molecule has 26 heavy (non-hydrogen) atoms. The number of nitrogens with one attached hydrogen (secondary N) is 1. The van der Waals surface area contributed by atoms with Crippen molar-refractivity contribution in [2.45, 2.75) is 19.0 Å². The number of rotatable bonds is 5. The summed E-state index contributed by atoms with van der Waals surface area (Å²) in [7, 11) is 0. The number of nitrogens with zero attached hydrogens (tertiary/aromatic N) is 4. The molecule has 10 heteroatoms. The van der Waals surface area contributed by atoms with Crippen LogP contribution >= 0.6 is 0 Å². The third-order valence-corrected chi connectivity index (χ3v) is 3.31. The molecule has 0 saturated heterocycles. The molecule has 3 rings (SSSR count). The van der Waals surface area contributed by atoms with Crippen molar-refractivity contribution in [3.05, 3.63) is 54.4 Å². The van der Waals surface area contributed by atoms with Crippen LogP contribution in [0, 0.1) is 0 Å². The normalized spacial score (nSPS) is 11.3. The van der Waals surface area contributed by atoms with Crippen molar-refractivity contribution in [1.29, 1.82) is 0 Å². The second kappa shape index (κ2) is 7.30. The molecule has 0 aliphatic heterocycles. The first-order valence-electron chi connectivity index (χ1n) is 7.48. The first-order valence-corrected chi connectivity index (χ1v) is 7.48. The average molecular weight is 363 g/mol. The fourth-order valence-electron chi connectivity index (χ4n) is 2.05. The number of carbonyl (C=O) groups excluding carboxylic acids is 1. The van der Waals surface area contributed by atoms with Crippen LogP contribution in [0.1, 0.15) is 18.0 Å². The maximum Gasteiger partial charge on any atom is 0.433 e. The number of aryl methyl sites for hydroxylation is 1. The van der Waals surface area contributed by atoms with Crippen molar-refractivity contribution < 1.29 is 22.5 Å². The van der Waals surface area contributed by atoms with Crippen LogP contribution in [0.3, 0.4) is 0 Å². The lowest BCUT2D eigenvalue weighted by Gasteiger charge is -2.07. The van der Waals surface area contributed by atoms with Gasteiger partial charge in [0.1, 0.15) is 5.69 Å². The van der Waals surface area contributed by atoms with Crippen molar-refractivity contribution in [3.63, 3.8) is 0 Å². The summed E-state index contributed by atoms with van der Waals surface area (Å²) in [5.74, 6) is 0.252. The fourth-order valence-corrected chi connectivity index (χ4v) is 2.05. The van der Waals surface area contributed by atoms with Crippen molar-refractivity contribution in [2.75, 3.05) is 5.32 Å². The molecule has 3 aromatic rings. The van der Waals surface area contributed by atoms with Gasteiger partial charge in [0.05, 0.1) is 11.9 Å². The molecular formula is C16H12F3N5O2. The number of hydrogen-bond acceptors (Lipinski definition) is 6. The van der Waals surface area contributed by atoms with E-state index in [9.17, 15) is 18.0 Å². The van der Waals surface area contributed by atoms with E-state index in [0.29, 0.717) is 5.82 Å². The van der Waals surface area contributed by atoms with Crippen molar-refractivity contribution >= 4 is 11.6 Å². The van der Waals surface area contributed by atoms with Crippen molar-refractivity contribution in [2.24, 2.45) is 0 Å². The van der Waals surface area contributed by atoms with Gasteiger partial charge in [-0.15, -0.1) is 0 Å². The summed E-state index contributed by atoms with van der Waals surface area (Å²) in [5, 5.41) is 6.28. The molecule has 3 heterocycles. The lowest BCUT2D eigenvalue weighted by Crippen LogP contribution is -2.13. The number of halogens is 3. The summed E-state index contributed by atoms with van der Waals surface area (Å²) in [6, 6.07) is 5.38. The van der Waals surface area contributed by atoms with Gasteiger partial charge >= 0.3 is 6.18 Å². The summed E-state index contributed by atoms with van der Waals surface area (Å²) in [6.45, 7) is 0. The summed E-state index contributed by atoms with van der Waals surface area (Å²) < 4.78 is 42.4. The summed E-state index contributed by atoms with van der Waals surface area (Å²) in [6.07, 6.45) is -0.160. The quantitative estimate of drug-likeness (QED) is 0.749. The highest BCUT2D eigenvalue weighted by Crippen LogP contribution is 2.27. The zero-order valence-electron chi connectivity index (χ0n) is 13.2. The molecule has 0 aliphatic rings. The van der Waals surface area contributed by atoms with Gasteiger partial charge in [0.15, 0.2) is 0 Å². The number of hydrogen-bond donors (Lipinski definition) is 1. The van der Waals surface area contributed by atoms with Crippen LogP contribution in [0.2, 0.25) is 0 Å². The van der Waals surface area contributed by atoms with Gasteiger partial charge in [-0.1, -0.05) is 5.16 Å². The van der Waals surface area contributed by atoms with Gasteiger partial charge in [0.25, 0.3) is 0 Å². The first kappa shape index (κ1) is 17.5. The van der Waals surface area contributed by atoms with E-state index in [0.717, 1.165) is 23.9 Å². The van der Waals surface area contributed by atoms with Crippen LogP contribution in [0.4, 0.5) is 18.9 Å². The number of pyridine rings is 2. The highest BCUT2D eigenvalue weighted by atomic mass is 19.4. The Hall–Kier alpha value is -3.30. The van der Waals surface area contributed by atoms with Gasteiger partial charge in [-0.25, -0.2) is 4.98 Å². The van der Waals surface area contributed by atoms with E-state index in [4.69, 9.17) is 4.52 Å². The molecule has 7 nitrogen and oxygen atoms in total. The standard InChI is InChI=1S/C16H12F3N5O2/c17-16(18,19)12-2-1-11(9-21-12)22-13(25)3-4-14-23-15(24-26-14)10-5-7-20-8-6-10/h1-2,5-9H,3-4H2,(H,22,25). The molecule has 0 aromatic carbocycles. The smallest absolute Gasteiger partial charge is 0.339 e. The summed E-state index contributed by atoms with van der Waals surface area (Å²) >= 11 is 0. The molecule has 0 fully saturated rings. The molecule has 1 N–H and O–H groups in total. The van der Waals surface area contributed by atoms with Gasteiger partial charge in [-0.2, -0.15) is 18.2 Å². The van der Waals surface area contributed by atoms with Gasteiger partial charge in [-0.05, 0) is 24.3 Å². The lowest BCUT2D eigenvalue weighted by atomic mass is 10.2. The minimum atomic E-state index is -4.52. The van der Waals surface area contributed by atoms with E-state index in [1.54, 1.807) is 24.5 Å². The Morgan fingerprint density at radius 2 is 1.92 bits per heavy atom. The minimum Gasteiger partial charge on any atom is -0.339 e. The predicted molar refractivity (Wildman–Crippen MR) is 83.7 cm³/mol. The van der Waals surface area contributed by atoms with E-state index >= 15 is 0 Å². The molecule has 0 aliphatic carbocycles. The van der Waals surface area contributed by atoms with Gasteiger partial charge in [0.2, 0.25) is 17.6 Å². The minimum absolute atomic E-state index is 0.0268. The number of alkyl halides is 3. The Morgan fingerprint density at radius 3 is 2.58 bits per heavy atom. The molecular weight excluding hydrogens is 351 g/mol. The Balaban J connectivity index is 1.54. The molecule has 3 aromatic heterocycles. The van der Waals surface area contributed by atoms with Crippen LogP contribution in [0.15, 0.2) is 47.4 Å². The molecule has 1 amide bonds. The zero-order chi connectivity index (χ0) is 18.6. The van der Waals surface area contributed by atoms with E-state index in [1.165, 1.54) is 0 Å². The molecule has 0 bridgehead atoms. The number of aromatic nitrogens is 4. The Bertz CT molecular complexity index is 879. The monoisotopic (exact) mass is 363 g/mol. The van der Waals surface area contributed by atoms with E-state index in [2.05, 4.69) is 25.4 Å². The van der Waals surface area contributed by atoms with Crippen molar-refractivity contribution in [3.8, 4) is 11.4 Å². The van der Waals surface area contributed by atoms with Gasteiger partial charge in [-0.3, -0.25) is 9.78 Å². The molecule has 0 saturated carbocycles. The lowest BCUT2D eigenvalue weighted by molar-refractivity contribution is -0.141. The highest BCUT2D eigenvalue weighted by Gasteiger charge is 2.32. The van der Waals surface area contributed by atoms with E-state index in [-0.39, 0.29) is 24.4 Å². The van der Waals surface area contributed by atoms with E-state index in [1.807, 2.05) is 0 Å². The number of amides is 1. The topological polar surface area (TPSA) is 93.8 Å². The Labute approximate surface area is 145 Å². The third-order valence-electron chi connectivity index (χ3n) is 3.31. The third kappa shape index (κ3) is 4.41. The zero-order valence-corrected chi connectivity index (χ0v) is 13.2. The summed E-state index contributed by atoms with van der Waals surface area (Å²) in [4.78, 5) is 23.2. The Morgan fingerprint density at radius 1 is 1.15 bits per heavy atom. The van der Waals surface area contributed by atoms with Crippen LogP contribution in [0.5, 0.6) is 0 Å². The number of carbonyl (C=O) groups is 1. The molecule has 134 valence electrons. The largest absolute Gasteiger partial charge is 0.433 e. The Kier molecular flexibility index (Phi) is 4.92. The fraction of sp³-hybridized carbons (Fsp3) is 0.188. The van der Waals surface area contributed by atoms with Gasteiger partial charge < -0.3 is 9.84 Å². The molecule has 0 unspecified atom stereocenters. The van der Waals surface area contributed by atoms with Crippen molar-refractivity contribution in [1.82, 2.24) is 20.1 Å². The maximum atomic E-state index is 12.4. The summed E-state index contributed by atoms with van der Waals surface area (Å²) in [5.41, 5.74) is -0.119. The molecule has 0 atom stereocenters. The van der Waals surface area contributed by atoms with Crippen LogP contribution in [-0.2, 0) is 17.4 Å². The first-order chi connectivity index (χ1) is 12.4.